The third-order valence-electron chi connectivity index (χ3n) is 2.42. The van der Waals surface area contributed by atoms with Crippen LogP contribution in [0, 0.1) is 0 Å². The van der Waals surface area contributed by atoms with Gasteiger partial charge in [-0.25, -0.2) is 0 Å². The molecule has 8 nitrogen and oxygen atoms in total. The Kier molecular flexibility index (Phi) is 5.03. The fourth-order valence-electron chi connectivity index (χ4n) is 1.70. The Hall–Kier alpha value is -1.22. The molecular weight excluding hydrogens is 248 g/mol. The predicted molar refractivity (Wildman–Crippen MR) is 55.1 cm³/mol. The van der Waals surface area contributed by atoms with Crippen molar-refractivity contribution >= 4 is 11.9 Å². The summed E-state index contributed by atoms with van der Waals surface area (Å²) >= 11 is 0. The molecule has 0 unspecified atom stereocenters. The van der Waals surface area contributed by atoms with E-state index in [0.29, 0.717) is 0 Å². The van der Waals surface area contributed by atoms with Crippen LogP contribution in [0.5, 0.6) is 0 Å². The fourth-order valence-corrected chi connectivity index (χ4v) is 1.70. The molecule has 0 saturated carbocycles. The van der Waals surface area contributed by atoms with E-state index in [9.17, 15) is 19.8 Å². The van der Waals surface area contributed by atoms with E-state index >= 15 is 0 Å². The van der Waals surface area contributed by atoms with E-state index in [-0.39, 0.29) is 0 Å². The van der Waals surface area contributed by atoms with Crippen molar-refractivity contribution < 1.29 is 39.1 Å². The second-order valence-electron chi connectivity index (χ2n) is 3.89. The van der Waals surface area contributed by atoms with Gasteiger partial charge in [0.2, 0.25) is 0 Å². The Morgan fingerprint density at radius 2 is 1.61 bits per heavy atom. The summed E-state index contributed by atoms with van der Waals surface area (Å²) in [5.41, 5.74) is 0. The van der Waals surface area contributed by atoms with Crippen LogP contribution in [0.4, 0.5) is 0 Å². The molecule has 3 N–H and O–H groups in total. The lowest BCUT2D eigenvalue weighted by Crippen LogP contribution is -2.60. The zero-order valence-corrected chi connectivity index (χ0v) is 9.98. The maximum atomic E-state index is 10.9. The summed E-state index contributed by atoms with van der Waals surface area (Å²) < 4.78 is 14.4. The first kappa shape index (κ1) is 14.8. The Balaban J connectivity index is 2.89. The first-order valence-electron chi connectivity index (χ1n) is 5.33. The van der Waals surface area contributed by atoms with Crippen LogP contribution < -0.4 is 0 Å². The smallest absolute Gasteiger partial charge is 0.303 e. The van der Waals surface area contributed by atoms with E-state index in [2.05, 4.69) is 0 Å². The first-order chi connectivity index (χ1) is 8.36. The second kappa shape index (κ2) is 6.10. The van der Waals surface area contributed by atoms with E-state index in [0.717, 1.165) is 13.8 Å². The SMILES string of the molecule is CC(=O)O[C@H]1[C@H](O)[C@@H](CO)O[C@H](O)[C@H]1OC(C)=O. The molecule has 8 heteroatoms. The van der Waals surface area contributed by atoms with Crippen molar-refractivity contribution in [3.8, 4) is 0 Å². The minimum Gasteiger partial charge on any atom is -0.455 e. The number of hydrogen-bond donors (Lipinski definition) is 3. The molecule has 5 atom stereocenters. The largest absolute Gasteiger partial charge is 0.455 e. The summed E-state index contributed by atoms with van der Waals surface area (Å²) in [6.07, 6.45) is -6.78. The molecule has 0 aliphatic carbocycles. The number of aliphatic hydroxyl groups excluding tert-OH is 3. The molecule has 1 heterocycles. The number of ether oxygens (including phenoxy) is 3. The van der Waals surface area contributed by atoms with Gasteiger partial charge in [0.25, 0.3) is 0 Å². The Morgan fingerprint density at radius 1 is 1.11 bits per heavy atom. The normalized spacial score (nSPS) is 35.9. The van der Waals surface area contributed by atoms with Gasteiger partial charge in [-0.05, 0) is 0 Å². The van der Waals surface area contributed by atoms with Gasteiger partial charge in [0, 0.05) is 13.8 Å². The number of carbonyl (C=O) groups excluding carboxylic acids is 2. The van der Waals surface area contributed by atoms with Crippen LogP contribution in [0.3, 0.4) is 0 Å². The number of carbonyl (C=O) groups is 2. The van der Waals surface area contributed by atoms with E-state index in [1.54, 1.807) is 0 Å². The average Bonchev–Trinajstić information content (AvgIpc) is 2.27. The highest BCUT2D eigenvalue weighted by Crippen LogP contribution is 2.24. The summed E-state index contributed by atoms with van der Waals surface area (Å²) in [6, 6.07) is 0. The number of hydrogen-bond acceptors (Lipinski definition) is 8. The second-order valence-corrected chi connectivity index (χ2v) is 3.89. The van der Waals surface area contributed by atoms with Crippen molar-refractivity contribution in [3.63, 3.8) is 0 Å². The van der Waals surface area contributed by atoms with E-state index < -0.39 is 49.3 Å². The lowest BCUT2D eigenvalue weighted by atomic mass is 9.99. The maximum Gasteiger partial charge on any atom is 0.303 e. The molecule has 0 amide bonds. The molecule has 0 aromatic carbocycles. The zero-order chi connectivity index (χ0) is 13.9. The lowest BCUT2D eigenvalue weighted by molar-refractivity contribution is -0.293. The van der Waals surface area contributed by atoms with Gasteiger partial charge >= 0.3 is 11.9 Å². The van der Waals surface area contributed by atoms with Crippen molar-refractivity contribution in [1.29, 1.82) is 0 Å². The monoisotopic (exact) mass is 264 g/mol. The first-order valence-corrected chi connectivity index (χ1v) is 5.33. The van der Waals surface area contributed by atoms with Gasteiger partial charge in [0.05, 0.1) is 6.61 Å². The highest BCUT2D eigenvalue weighted by Gasteiger charge is 2.48. The Bertz CT molecular complexity index is 317. The third kappa shape index (κ3) is 3.39. The van der Waals surface area contributed by atoms with Crippen molar-refractivity contribution in [2.75, 3.05) is 6.61 Å². The van der Waals surface area contributed by atoms with Crippen molar-refractivity contribution in [2.24, 2.45) is 0 Å². The van der Waals surface area contributed by atoms with Crippen LogP contribution in [-0.4, -0.2) is 64.6 Å². The van der Waals surface area contributed by atoms with Crippen LogP contribution in [0.25, 0.3) is 0 Å². The van der Waals surface area contributed by atoms with Gasteiger partial charge in [-0.1, -0.05) is 0 Å². The minimum atomic E-state index is -1.60. The van der Waals surface area contributed by atoms with Gasteiger partial charge < -0.3 is 29.5 Å². The molecule has 0 aromatic rings. The molecular formula is C10H16O8. The van der Waals surface area contributed by atoms with Gasteiger partial charge in [-0.3, -0.25) is 9.59 Å². The summed E-state index contributed by atoms with van der Waals surface area (Å²) in [5, 5.41) is 28.4. The van der Waals surface area contributed by atoms with Crippen molar-refractivity contribution in [2.45, 2.75) is 44.6 Å². The van der Waals surface area contributed by atoms with E-state index in [1.165, 1.54) is 0 Å². The molecule has 0 radical (unpaired) electrons. The van der Waals surface area contributed by atoms with Crippen LogP contribution in [0.15, 0.2) is 0 Å². The predicted octanol–water partition coefficient (Wildman–Crippen LogP) is -2.08. The van der Waals surface area contributed by atoms with Crippen LogP contribution in [0.2, 0.25) is 0 Å². The van der Waals surface area contributed by atoms with Gasteiger partial charge in [-0.2, -0.15) is 0 Å². The number of rotatable bonds is 3. The molecule has 0 spiro atoms. The highest BCUT2D eigenvalue weighted by molar-refractivity contribution is 5.67. The molecule has 104 valence electrons. The third-order valence-corrected chi connectivity index (χ3v) is 2.42. The van der Waals surface area contributed by atoms with Crippen LogP contribution in [0.1, 0.15) is 13.8 Å². The molecule has 1 aliphatic rings. The number of esters is 2. The van der Waals surface area contributed by atoms with Crippen LogP contribution >= 0.6 is 0 Å². The number of aliphatic hydroxyl groups is 3. The molecule has 18 heavy (non-hydrogen) atoms. The average molecular weight is 264 g/mol. The van der Waals surface area contributed by atoms with Gasteiger partial charge in [0.15, 0.2) is 18.5 Å². The molecule has 1 rings (SSSR count). The Labute approximate surface area is 103 Å². The molecule has 1 fully saturated rings. The highest BCUT2D eigenvalue weighted by atomic mass is 16.7. The topological polar surface area (TPSA) is 123 Å². The van der Waals surface area contributed by atoms with Crippen molar-refractivity contribution in [3.05, 3.63) is 0 Å². The van der Waals surface area contributed by atoms with Gasteiger partial charge in [0.1, 0.15) is 12.2 Å². The molecule has 0 bridgehead atoms. The van der Waals surface area contributed by atoms with Crippen LogP contribution in [-0.2, 0) is 23.8 Å². The maximum absolute atomic E-state index is 10.9. The standard InChI is InChI=1S/C10H16O8/c1-4(12)16-8-7(14)6(3-11)18-10(15)9(8)17-5(2)13/h6-11,14-15H,3H2,1-2H3/t6-,7-,8+,9+,10+/m1/s1. The molecule has 1 aliphatic heterocycles. The van der Waals surface area contributed by atoms with Crippen molar-refractivity contribution in [1.82, 2.24) is 0 Å². The zero-order valence-electron chi connectivity index (χ0n) is 9.98. The summed E-state index contributed by atoms with van der Waals surface area (Å²) in [7, 11) is 0. The summed E-state index contributed by atoms with van der Waals surface area (Å²) in [4.78, 5) is 21.8. The minimum absolute atomic E-state index is 0.581. The quantitative estimate of drug-likeness (QED) is 0.496. The Morgan fingerprint density at radius 3 is 2.06 bits per heavy atom. The van der Waals surface area contributed by atoms with E-state index in [4.69, 9.17) is 19.3 Å². The van der Waals surface area contributed by atoms with E-state index in [1.807, 2.05) is 0 Å². The summed E-state index contributed by atoms with van der Waals surface area (Å²) in [6.45, 7) is 1.62. The van der Waals surface area contributed by atoms with Gasteiger partial charge in [-0.15, -0.1) is 0 Å². The molecule has 1 saturated heterocycles. The lowest BCUT2D eigenvalue weighted by Gasteiger charge is -2.40. The summed E-state index contributed by atoms with van der Waals surface area (Å²) in [5.74, 6) is -1.45. The molecule has 0 aromatic heterocycles. The fraction of sp³-hybridized carbons (Fsp3) is 0.800.